The topological polar surface area (TPSA) is 33.2 Å². The molecule has 0 spiro atoms. The number of benzene rings is 2. The zero-order chi connectivity index (χ0) is 17.9. The number of hydrogen-bond donors (Lipinski definition) is 0. The second-order valence-electron chi connectivity index (χ2n) is 6.40. The largest absolute Gasteiger partial charge is 0.334 e. The second-order valence-corrected chi connectivity index (χ2v) is 7.40. The maximum atomic E-state index is 13.0. The molecule has 0 saturated heterocycles. The Bertz CT molecular complexity index is 945. The van der Waals surface area contributed by atoms with Crippen LogP contribution in [0.5, 0.6) is 0 Å². The molecule has 3 aromatic rings. The zero-order valence-electron chi connectivity index (χ0n) is 14.7. The van der Waals surface area contributed by atoms with Gasteiger partial charge in [0.2, 0.25) is 0 Å². The van der Waals surface area contributed by atoms with Crippen molar-refractivity contribution in [3.8, 4) is 10.6 Å². The summed E-state index contributed by atoms with van der Waals surface area (Å²) in [6.07, 6.45) is 3.06. The lowest BCUT2D eigenvalue weighted by molar-refractivity contribution is 0.0776. The standard InChI is InChI=1S/C22H20N2OS/c1-16-20(26-21(23-16)19-10-6-3-7-11-19)22(25)24-14-12-18(13-15-24)17-8-4-2-5-9-17/h2-12H,13-15H2,1H3. The summed E-state index contributed by atoms with van der Waals surface area (Å²) in [6, 6.07) is 20.4. The number of nitrogens with zero attached hydrogens (tertiary/aromatic N) is 2. The van der Waals surface area contributed by atoms with Crippen molar-refractivity contribution in [2.45, 2.75) is 13.3 Å². The van der Waals surface area contributed by atoms with Crippen molar-refractivity contribution in [2.24, 2.45) is 0 Å². The van der Waals surface area contributed by atoms with Crippen LogP contribution in [0.4, 0.5) is 0 Å². The molecule has 4 heteroatoms. The smallest absolute Gasteiger partial charge is 0.266 e. The third kappa shape index (κ3) is 3.33. The van der Waals surface area contributed by atoms with E-state index >= 15 is 0 Å². The highest BCUT2D eigenvalue weighted by Gasteiger charge is 2.23. The molecule has 4 rings (SSSR count). The lowest BCUT2D eigenvalue weighted by Gasteiger charge is -2.26. The summed E-state index contributed by atoms with van der Waals surface area (Å²) in [5.41, 5.74) is 4.45. The molecular weight excluding hydrogens is 340 g/mol. The molecule has 2 heterocycles. The fourth-order valence-electron chi connectivity index (χ4n) is 3.21. The maximum absolute atomic E-state index is 13.0. The van der Waals surface area contributed by atoms with Gasteiger partial charge in [0.15, 0.2) is 0 Å². The van der Waals surface area contributed by atoms with E-state index in [1.807, 2.05) is 48.2 Å². The molecule has 3 nitrogen and oxygen atoms in total. The molecule has 0 aliphatic carbocycles. The summed E-state index contributed by atoms with van der Waals surface area (Å²) in [5.74, 6) is 0.0885. The number of thiazole rings is 1. The van der Waals surface area contributed by atoms with Gasteiger partial charge in [0.25, 0.3) is 5.91 Å². The first-order chi connectivity index (χ1) is 12.7. The van der Waals surface area contributed by atoms with Gasteiger partial charge in [-0.05, 0) is 24.5 Å². The van der Waals surface area contributed by atoms with Gasteiger partial charge in [-0.3, -0.25) is 4.79 Å². The molecule has 0 atom stereocenters. The molecule has 1 amide bonds. The van der Waals surface area contributed by atoms with Gasteiger partial charge >= 0.3 is 0 Å². The molecule has 0 saturated carbocycles. The Morgan fingerprint density at radius 2 is 1.65 bits per heavy atom. The van der Waals surface area contributed by atoms with Crippen LogP contribution >= 0.6 is 11.3 Å². The molecule has 0 radical (unpaired) electrons. The maximum Gasteiger partial charge on any atom is 0.266 e. The van der Waals surface area contributed by atoms with E-state index in [2.05, 4.69) is 35.3 Å². The van der Waals surface area contributed by atoms with Crippen LogP contribution < -0.4 is 0 Å². The third-order valence-corrected chi connectivity index (χ3v) is 5.85. The lowest BCUT2D eigenvalue weighted by Crippen LogP contribution is -2.34. The minimum absolute atomic E-state index is 0.0885. The van der Waals surface area contributed by atoms with Gasteiger partial charge in [-0.25, -0.2) is 4.98 Å². The van der Waals surface area contributed by atoms with Gasteiger partial charge in [-0.15, -0.1) is 11.3 Å². The fourth-order valence-corrected chi connectivity index (χ4v) is 4.25. The number of aryl methyl sites for hydroxylation is 1. The minimum atomic E-state index is 0.0885. The predicted molar refractivity (Wildman–Crippen MR) is 107 cm³/mol. The molecule has 26 heavy (non-hydrogen) atoms. The van der Waals surface area contributed by atoms with Crippen LogP contribution in [0.2, 0.25) is 0 Å². The quantitative estimate of drug-likeness (QED) is 0.655. The molecule has 0 bridgehead atoms. The number of rotatable bonds is 3. The number of carbonyl (C=O) groups is 1. The lowest BCUT2D eigenvalue weighted by atomic mass is 9.99. The number of aromatic nitrogens is 1. The molecule has 0 N–H and O–H groups in total. The van der Waals surface area contributed by atoms with E-state index in [-0.39, 0.29) is 5.91 Å². The fraction of sp³-hybridized carbons (Fsp3) is 0.182. The highest BCUT2D eigenvalue weighted by molar-refractivity contribution is 7.17. The molecule has 2 aromatic carbocycles. The first kappa shape index (κ1) is 16.7. The Morgan fingerprint density at radius 1 is 1.00 bits per heavy atom. The SMILES string of the molecule is Cc1nc(-c2ccccc2)sc1C(=O)N1CC=C(c2ccccc2)CC1. The Morgan fingerprint density at radius 3 is 2.27 bits per heavy atom. The summed E-state index contributed by atoms with van der Waals surface area (Å²) in [7, 11) is 0. The van der Waals surface area contributed by atoms with E-state index in [1.54, 1.807) is 0 Å². The van der Waals surface area contributed by atoms with Crippen LogP contribution in [0, 0.1) is 6.92 Å². The molecule has 130 valence electrons. The highest BCUT2D eigenvalue weighted by Crippen LogP contribution is 2.30. The van der Waals surface area contributed by atoms with Crippen LogP contribution in [0.3, 0.4) is 0 Å². The van der Waals surface area contributed by atoms with E-state index in [1.165, 1.54) is 22.5 Å². The van der Waals surface area contributed by atoms with E-state index in [4.69, 9.17) is 0 Å². The average Bonchev–Trinajstić information content (AvgIpc) is 3.10. The highest BCUT2D eigenvalue weighted by atomic mass is 32.1. The number of carbonyl (C=O) groups excluding carboxylic acids is 1. The van der Waals surface area contributed by atoms with Crippen molar-refractivity contribution in [2.75, 3.05) is 13.1 Å². The monoisotopic (exact) mass is 360 g/mol. The molecule has 1 aliphatic heterocycles. The normalized spacial score (nSPS) is 14.2. The van der Waals surface area contributed by atoms with Gasteiger partial charge in [0.1, 0.15) is 9.88 Å². The van der Waals surface area contributed by atoms with Crippen molar-refractivity contribution in [3.63, 3.8) is 0 Å². The van der Waals surface area contributed by atoms with Crippen LogP contribution in [0.15, 0.2) is 66.7 Å². The van der Waals surface area contributed by atoms with Crippen LogP contribution in [-0.4, -0.2) is 28.9 Å². The van der Waals surface area contributed by atoms with Crippen molar-refractivity contribution >= 4 is 22.8 Å². The van der Waals surface area contributed by atoms with E-state index < -0.39 is 0 Å². The van der Waals surface area contributed by atoms with Crippen LogP contribution in [0.25, 0.3) is 16.1 Å². The van der Waals surface area contributed by atoms with Crippen molar-refractivity contribution < 1.29 is 4.79 Å². The zero-order valence-corrected chi connectivity index (χ0v) is 15.5. The second kappa shape index (κ2) is 7.26. The minimum Gasteiger partial charge on any atom is -0.334 e. The van der Waals surface area contributed by atoms with Crippen molar-refractivity contribution in [1.29, 1.82) is 0 Å². The number of hydrogen-bond acceptors (Lipinski definition) is 3. The first-order valence-electron chi connectivity index (χ1n) is 8.79. The summed E-state index contributed by atoms with van der Waals surface area (Å²) in [5, 5.41) is 0.906. The first-order valence-corrected chi connectivity index (χ1v) is 9.60. The molecule has 1 aromatic heterocycles. The molecule has 0 unspecified atom stereocenters. The van der Waals surface area contributed by atoms with Gasteiger partial charge < -0.3 is 4.90 Å². The molecule has 0 fully saturated rings. The average molecular weight is 360 g/mol. The summed E-state index contributed by atoms with van der Waals surface area (Å²) < 4.78 is 0. The number of amides is 1. The molecule has 1 aliphatic rings. The molecular formula is C22H20N2OS. The summed E-state index contributed by atoms with van der Waals surface area (Å²) >= 11 is 1.49. The van der Waals surface area contributed by atoms with E-state index in [0.29, 0.717) is 6.54 Å². The van der Waals surface area contributed by atoms with E-state index in [0.717, 1.165) is 34.1 Å². The van der Waals surface area contributed by atoms with Crippen molar-refractivity contribution in [1.82, 2.24) is 9.88 Å². The van der Waals surface area contributed by atoms with Gasteiger partial charge in [-0.2, -0.15) is 0 Å². The summed E-state index contributed by atoms with van der Waals surface area (Å²) in [4.78, 5) is 20.3. The van der Waals surface area contributed by atoms with Crippen LogP contribution in [-0.2, 0) is 0 Å². The van der Waals surface area contributed by atoms with E-state index in [9.17, 15) is 4.79 Å². The van der Waals surface area contributed by atoms with Crippen LogP contribution in [0.1, 0.15) is 27.3 Å². The Labute approximate surface area is 157 Å². The van der Waals surface area contributed by atoms with Crippen molar-refractivity contribution in [3.05, 3.63) is 82.9 Å². The third-order valence-electron chi connectivity index (χ3n) is 4.65. The van der Waals surface area contributed by atoms with Gasteiger partial charge in [-0.1, -0.05) is 66.7 Å². The van der Waals surface area contributed by atoms with Gasteiger partial charge in [0, 0.05) is 18.7 Å². The predicted octanol–water partition coefficient (Wildman–Crippen LogP) is 5.05. The summed E-state index contributed by atoms with van der Waals surface area (Å²) in [6.45, 7) is 3.32. The Kier molecular flexibility index (Phi) is 4.67. The Hall–Kier alpha value is -2.72. The Balaban J connectivity index is 1.52. The van der Waals surface area contributed by atoms with Gasteiger partial charge in [0.05, 0.1) is 5.69 Å².